The standard InChI is InChI=1S/C19H26O7/c1-11(2)17(20)25-15-8-13(14-9-16(15)26-19(14)22)18(21)24-10-23-12-6-4-3-5-7-12/h12-16H,1,3-10H2,2H3. The lowest BCUT2D eigenvalue weighted by atomic mass is 9.78. The molecule has 144 valence electrons. The molecule has 4 atom stereocenters. The molecule has 7 heteroatoms. The number of carbonyl (C=O) groups excluding carboxylic acids is 3. The number of rotatable bonds is 6. The first-order valence-electron chi connectivity index (χ1n) is 9.31. The smallest absolute Gasteiger partial charge is 0.333 e. The van der Waals surface area contributed by atoms with Crippen LogP contribution in [0.25, 0.3) is 0 Å². The molecule has 0 spiro atoms. The van der Waals surface area contributed by atoms with E-state index in [2.05, 4.69) is 6.58 Å². The van der Waals surface area contributed by atoms with Gasteiger partial charge in [-0.2, -0.15) is 0 Å². The SMILES string of the molecule is C=C(C)C(=O)OC1CC(C(=O)OCOC2CCCCC2)C2CC1OC2=O. The van der Waals surface area contributed by atoms with Crippen molar-refractivity contribution in [1.82, 2.24) is 0 Å². The number of hydrogen-bond acceptors (Lipinski definition) is 7. The van der Waals surface area contributed by atoms with Crippen molar-refractivity contribution in [3.05, 3.63) is 12.2 Å². The molecule has 3 rings (SSSR count). The van der Waals surface area contributed by atoms with Crippen LogP contribution in [0.15, 0.2) is 12.2 Å². The Bertz CT molecular complexity index is 578. The van der Waals surface area contributed by atoms with Gasteiger partial charge in [-0.1, -0.05) is 25.8 Å². The zero-order chi connectivity index (χ0) is 18.7. The van der Waals surface area contributed by atoms with Gasteiger partial charge >= 0.3 is 17.9 Å². The quantitative estimate of drug-likeness (QED) is 0.308. The summed E-state index contributed by atoms with van der Waals surface area (Å²) in [7, 11) is 0. The Balaban J connectivity index is 1.54. The highest BCUT2D eigenvalue weighted by molar-refractivity contribution is 5.87. The van der Waals surface area contributed by atoms with Gasteiger partial charge in [-0.3, -0.25) is 9.59 Å². The van der Waals surface area contributed by atoms with Gasteiger partial charge < -0.3 is 18.9 Å². The monoisotopic (exact) mass is 366 g/mol. The van der Waals surface area contributed by atoms with Crippen LogP contribution in [-0.2, 0) is 33.3 Å². The molecular weight excluding hydrogens is 340 g/mol. The minimum atomic E-state index is -0.681. The summed E-state index contributed by atoms with van der Waals surface area (Å²) >= 11 is 0. The molecule has 3 aliphatic rings. The predicted molar refractivity (Wildman–Crippen MR) is 89.7 cm³/mol. The van der Waals surface area contributed by atoms with E-state index in [9.17, 15) is 14.4 Å². The van der Waals surface area contributed by atoms with E-state index >= 15 is 0 Å². The average Bonchev–Trinajstić information content (AvgIpc) is 2.95. The molecule has 0 aromatic carbocycles. The van der Waals surface area contributed by atoms with Crippen LogP contribution in [-0.4, -0.2) is 43.0 Å². The zero-order valence-electron chi connectivity index (χ0n) is 15.1. The van der Waals surface area contributed by atoms with Crippen LogP contribution in [0.3, 0.4) is 0 Å². The maximum absolute atomic E-state index is 12.5. The molecule has 0 radical (unpaired) electrons. The van der Waals surface area contributed by atoms with E-state index in [0.29, 0.717) is 6.42 Å². The number of esters is 3. The summed E-state index contributed by atoms with van der Waals surface area (Å²) in [5.74, 6) is -2.70. The molecule has 0 aromatic rings. The van der Waals surface area contributed by atoms with E-state index in [1.165, 1.54) is 6.42 Å². The molecule has 1 heterocycles. The highest BCUT2D eigenvalue weighted by Crippen LogP contribution is 2.41. The number of ether oxygens (including phenoxy) is 4. The fraction of sp³-hybridized carbons (Fsp3) is 0.737. The lowest BCUT2D eigenvalue weighted by Gasteiger charge is -2.30. The van der Waals surface area contributed by atoms with Crippen molar-refractivity contribution in [3.63, 3.8) is 0 Å². The molecule has 2 saturated carbocycles. The first kappa shape index (κ1) is 18.9. The number of fused-ring (bicyclic) bond motifs is 2. The van der Waals surface area contributed by atoms with Gasteiger partial charge in [0, 0.05) is 18.4 Å². The van der Waals surface area contributed by atoms with Crippen LogP contribution in [0.4, 0.5) is 0 Å². The average molecular weight is 366 g/mol. The third-order valence-electron chi connectivity index (χ3n) is 5.41. The summed E-state index contributed by atoms with van der Waals surface area (Å²) in [4.78, 5) is 36.3. The molecule has 26 heavy (non-hydrogen) atoms. The van der Waals surface area contributed by atoms with Crippen LogP contribution in [0.2, 0.25) is 0 Å². The van der Waals surface area contributed by atoms with E-state index in [1.807, 2.05) is 0 Å². The molecule has 0 amide bonds. The molecule has 0 aromatic heterocycles. The Kier molecular flexibility index (Phi) is 5.96. The summed E-state index contributed by atoms with van der Waals surface area (Å²) in [6.45, 7) is 4.98. The first-order valence-corrected chi connectivity index (χ1v) is 9.31. The zero-order valence-corrected chi connectivity index (χ0v) is 15.1. The van der Waals surface area contributed by atoms with Gasteiger partial charge in [0.25, 0.3) is 0 Å². The molecule has 0 N–H and O–H groups in total. The van der Waals surface area contributed by atoms with Crippen LogP contribution in [0.5, 0.6) is 0 Å². The summed E-state index contributed by atoms with van der Waals surface area (Å²) in [5, 5.41) is 0. The third kappa shape index (κ3) is 4.26. The largest absolute Gasteiger partial charge is 0.458 e. The van der Waals surface area contributed by atoms with E-state index < -0.39 is 42.0 Å². The molecule has 4 unspecified atom stereocenters. The lowest BCUT2D eigenvalue weighted by Crippen LogP contribution is -2.41. The molecular formula is C19H26O7. The molecule has 2 bridgehead atoms. The second kappa shape index (κ2) is 8.20. The van der Waals surface area contributed by atoms with Crippen molar-refractivity contribution in [1.29, 1.82) is 0 Å². The Labute approximate surface area is 153 Å². The second-order valence-corrected chi connectivity index (χ2v) is 7.39. The van der Waals surface area contributed by atoms with Gasteiger partial charge in [-0.15, -0.1) is 0 Å². The van der Waals surface area contributed by atoms with Crippen molar-refractivity contribution in [3.8, 4) is 0 Å². The van der Waals surface area contributed by atoms with Gasteiger partial charge in [0.15, 0.2) is 6.79 Å². The lowest BCUT2D eigenvalue weighted by molar-refractivity contribution is -0.173. The van der Waals surface area contributed by atoms with Crippen molar-refractivity contribution < 1.29 is 33.3 Å². The fourth-order valence-corrected chi connectivity index (χ4v) is 3.90. The highest BCUT2D eigenvalue weighted by atomic mass is 16.7. The number of carbonyl (C=O) groups is 3. The van der Waals surface area contributed by atoms with Gasteiger partial charge in [0.1, 0.15) is 12.2 Å². The molecule has 1 aliphatic heterocycles. The van der Waals surface area contributed by atoms with E-state index in [4.69, 9.17) is 18.9 Å². The Hall–Kier alpha value is -1.89. The predicted octanol–water partition coefficient (Wildman–Crippen LogP) is 2.28. The Morgan fingerprint density at radius 3 is 2.62 bits per heavy atom. The Morgan fingerprint density at radius 2 is 1.92 bits per heavy atom. The molecule has 1 saturated heterocycles. The van der Waals surface area contributed by atoms with Crippen LogP contribution in [0.1, 0.15) is 51.9 Å². The molecule has 3 fully saturated rings. The van der Waals surface area contributed by atoms with Crippen LogP contribution in [0, 0.1) is 11.8 Å². The van der Waals surface area contributed by atoms with Crippen LogP contribution < -0.4 is 0 Å². The van der Waals surface area contributed by atoms with E-state index in [-0.39, 0.29) is 24.9 Å². The summed E-state index contributed by atoms with van der Waals surface area (Å²) in [5.41, 5.74) is 0.261. The second-order valence-electron chi connectivity index (χ2n) is 7.39. The van der Waals surface area contributed by atoms with Crippen molar-refractivity contribution in [2.24, 2.45) is 11.8 Å². The summed E-state index contributed by atoms with van der Waals surface area (Å²) in [6.07, 6.45) is 4.99. The minimum Gasteiger partial charge on any atom is -0.458 e. The van der Waals surface area contributed by atoms with Gasteiger partial charge in [0.2, 0.25) is 0 Å². The molecule has 2 aliphatic carbocycles. The minimum absolute atomic E-state index is 0.110. The van der Waals surface area contributed by atoms with Crippen molar-refractivity contribution >= 4 is 17.9 Å². The normalized spacial score (nSPS) is 31.2. The topological polar surface area (TPSA) is 88.1 Å². The first-order chi connectivity index (χ1) is 12.5. The van der Waals surface area contributed by atoms with Crippen molar-refractivity contribution in [2.75, 3.05) is 6.79 Å². The summed E-state index contributed by atoms with van der Waals surface area (Å²) in [6, 6.07) is 0. The number of hydrogen-bond donors (Lipinski definition) is 0. The maximum Gasteiger partial charge on any atom is 0.333 e. The van der Waals surface area contributed by atoms with E-state index in [1.54, 1.807) is 6.92 Å². The maximum atomic E-state index is 12.5. The highest BCUT2D eigenvalue weighted by Gasteiger charge is 2.53. The fourth-order valence-electron chi connectivity index (χ4n) is 3.90. The summed E-state index contributed by atoms with van der Waals surface area (Å²) < 4.78 is 21.5. The Morgan fingerprint density at radius 1 is 1.19 bits per heavy atom. The molecule has 7 nitrogen and oxygen atoms in total. The van der Waals surface area contributed by atoms with Gasteiger partial charge in [-0.05, 0) is 19.8 Å². The van der Waals surface area contributed by atoms with Crippen molar-refractivity contribution in [2.45, 2.75) is 70.2 Å². The van der Waals surface area contributed by atoms with Crippen LogP contribution >= 0.6 is 0 Å². The van der Waals surface area contributed by atoms with E-state index in [0.717, 1.165) is 25.7 Å². The third-order valence-corrected chi connectivity index (χ3v) is 5.41. The van der Waals surface area contributed by atoms with Gasteiger partial charge in [-0.25, -0.2) is 4.79 Å². The van der Waals surface area contributed by atoms with Gasteiger partial charge in [0.05, 0.1) is 17.9 Å².